The fourth-order valence-corrected chi connectivity index (χ4v) is 8.54. The maximum absolute atomic E-state index is 12.8. The Balaban J connectivity index is -0.000000247. The molecule has 0 spiro atoms. The van der Waals surface area contributed by atoms with E-state index in [1.807, 2.05) is 11.8 Å². The van der Waals surface area contributed by atoms with Gasteiger partial charge in [-0.3, -0.25) is 19.2 Å². The Morgan fingerprint density at radius 3 is 1.21 bits per heavy atom. The Morgan fingerprint density at radius 2 is 0.865 bits per heavy atom. The number of thiol groups is 5. The van der Waals surface area contributed by atoms with Crippen molar-refractivity contribution < 1.29 is 298 Å². The Bertz CT molecular complexity index is 2050. The van der Waals surface area contributed by atoms with Crippen LogP contribution in [0, 0.1) is 5.41 Å². The summed E-state index contributed by atoms with van der Waals surface area (Å²) in [6.45, 7) is 5.66. The van der Waals surface area contributed by atoms with Gasteiger partial charge >= 0.3 is 260 Å². The number of nitrogens with zero attached hydrogens (tertiary/aromatic N) is 4. The second kappa shape index (κ2) is 96.6. The molecule has 0 saturated heterocycles. The van der Waals surface area contributed by atoms with Crippen LogP contribution in [0.15, 0.2) is 0 Å². The third kappa shape index (κ3) is 90.3. The van der Waals surface area contributed by atoms with Crippen molar-refractivity contribution in [1.82, 2.24) is 35.6 Å². The Hall–Kier alpha value is 7.43. The smallest absolute Gasteiger partial charge is 0.813 e. The van der Waals surface area contributed by atoms with Crippen LogP contribution in [0.1, 0.15) is 71.1 Å². The summed E-state index contributed by atoms with van der Waals surface area (Å²) in [7, 11) is 0. The number of hydrogen-bond donors (Lipinski definition) is 4. The van der Waals surface area contributed by atoms with Crippen molar-refractivity contribution in [3.63, 3.8) is 0 Å². The largest absolute Gasteiger partial charge is 1.00 e. The van der Waals surface area contributed by atoms with Crippen LogP contribution in [0.25, 0.3) is 0 Å². The van der Waals surface area contributed by atoms with Crippen molar-refractivity contribution in [3.05, 3.63) is 0 Å². The number of rotatable bonds is 54. The molecule has 20 nitrogen and oxygen atoms in total. The van der Waals surface area contributed by atoms with Crippen molar-refractivity contribution >= 4 is 301 Å². The molecule has 512 valence electrons. The molecule has 0 heterocycles. The zero-order valence-corrected chi connectivity index (χ0v) is 87.8. The van der Waals surface area contributed by atoms with Crippen LogP contribution in [-0.4, -0.2) is 250 Å². The van der Waals surface area contributed by atoms with Crippen molar-refractivity contribution in [3.8, 4) is 0 Å². The molecule has 0 aliphatic rings. The van der Waals surface area contributed by atoms with E-state index < -0.39 is 34.5 Å². The van der Waals surface area contributed by atoms with Gasteiger partial charge < -0.3 is 290 Å². The van der Waals surface area contributed by atoms with Gasteiger partial charge in [0.2, 0.25) is 0 Å². The van der Waals surface area contributed by atoms with E-state index in [2.05, 4.69) is 75.3 Å². The zero-order valence-electron chi connectivity index (χ0n) is 56.7. The third-order valence-electron chi connectivity index (χ3n) is 10.7. The molecule has 96 heavy (non-hydrogen) atoms. The summed E-state index contributed by atoms with van der Waals surface area (Å²) < 4.78 is 46.7. The van der Waals surface area contributed by atoms with Crippen molar-refractivity contribution in [2.24, 2.45) is 5.41 Å². The maximum Gasteiger partial charge on any atom is 1.00 e. The molecule has 0 fully saturated rings. The van der Waals surface area contributed by atoms with Gasteiger partial charge in [0.1, 0.15) is 26.4 Å². The average molecular weight is 1750 g/mol. The number of ether oxygens (including phenoxy) is 8. The molecule has 0 aliphatic heterocycles. The number of carbonyl (C=O) groups excluding carboxylic acids is 5. The molecule has 0 aromatic carbocycles. The molecule has 0 bridgehead atoms. The van der Waals surface area contributed by atoms with E-state index in [9.17, 15) is 24.0 Å². The van der Waals surface area contributed by atoms with Crippen molar-refractivity contribution in [1.29, 1.82) is 0 Å². The SMILES string of the molecule is CC(=S)CCCN[C-]=S.O=C([S-])NCCN([C-]=S)CCC(=O)OCCOCC(COCCOC(=O)CCN([C-]=S)CCC[C-]=S)(COCCOC(=O)CCN(CCCC(=S)[S-])C(=S)[S-])COCCOC(=O)CCN(CCNC(=S)[S-])C(=S)CS.[Na+].[Na+].[Na+].[Na+].[Na+].[Na+].[Na+].[Na+].[SH-].[SH-].[SH-].[SH-]. The van der Waals surface area contributed by atoms with E-state index in [0.29, 0.717) is 73.5 Å². The summed E-state index contributed by atoms with van der Waals surface area (Å²) in [6, 6.07) is 0. The summed E-state index contributed by atoms with van der Waals surface area (Å²) in [6.07, 6.45) is 4.67. The van der Waals surface area contributed by atoms with Crippen molar-refractivity contribution in [2.45, 2.75) is 71.1 Å². The topological polar surface area (TPSA) is 208 Å². The minimum Gasteiger partial charge on any atom is -0.813 e. The molecule has 0 rings (SSSR count). The number of amides is 1. The first-order valence-corrected chi connectivity index (χ1v) is 32.2. The number of esters is 4. The second-order valence-corrected chi connectivity index (χ2v) is 23.6. The van der Waals surface area contributed by atoms with Crippen LogP contribution >= 0.6 is 123 Å². The predicted octanol–water partition coefficient (Wildman–Crippen LogP) is -20.7. The van der Waals surface area contributed by atoms with E-state index in [-0.39, 0.29) is 430 Å². The van der Waals surface area contributed by atoms with Crippen LogP contribution in [0.4, 0.5) is 4.79 Å². The number of carbonyl (C=O) groups is 5. The van der Waals surface area contributed by atoms with Gasteiger partial charge in [-0.2, -0.15) is 23.2 Å². The third-order valence-corrected chi connectivity index (χ3v) is 14.0. The van der Waals surface area contributed by atoms with E-state index >= 15 is 0 Å². The minimum atomic E-state index is -1.06. The zero-order chi connectivity index (χ0) is 63.2. The Labute approximate surface area is 852 Å². The second-order valence-electron chi connectivity index (χ2n) is 17.5. The monoisotopic (exact) mass is 1740 g/mol. The molecular formula is C50H79N7Na8O13S18-4. The normalized spacial score (nSPS) is 9.73. The summed E-state index contributed by atoms with van der Waals surface area (Å²) in [5.74, 6) is -1.66. The van der Waals surface area contributed by atoms with Crippen molar-refractivity contribution in [2.75, 3.05) is 157 Å². The minimum absolute atomic E-state index is 0. The maximum atomic E-state index is 12.8. The van der Waals surface area contributed by atoms with Gasteiger partial charge in [0.15, 0.2) is 0 Å². The molecule has 1 atom stereocenters. The first kappa shape index (κ1) is 136. The van der Waals surface area contributed by atoms with E-state index in [0.717, 1.165) is 30.7 Å². The molecule has 1 unspecified atom stereocenters. The van der Waals surface area contributed by atoms with Gasteiger partial charge in [-0.15, -0.1) is 0 Å². The van der Waals surface area contributed by atoms with Gasteiger partial charge in [0.25, 0.3) is 0 Å². The van der Waals surface area contributed by atoms with E-state index in [1.54, 1.807) is 14.7 Å². The van der Waals surface area contributed by atoms with Crippen LogP contribution in [-0.2, 0) is 162 Å². The Morgan fingerprint density at radius 1 is 0.469 bits per heavy atom. The molecule has 46 heteroatoms. The van der Waals surface area contributed by atoms with Crippen LogP contribution in [0.2, 0.25) is 0 Å². The fraction of sp³-hybridized carbons (Fsp3) is 0.720. The molecule has 3 N–H and O–H groups in total. The quantitative estimate of drug-likeness (QED) is 0.00514. The average Bonchev–Trinajstić information content (AvgIpc) is 0.909. The first-order valence-electron chi connectivity index (χ1n) is 26.2. The number of hydrogen-bond acceptors (Lipinski definition) is 31. The summed E-state index contributed by atoms with van der Waals surface area (Å²) >= 11 is 68.2. The van der Waals surface area contributed by atoms with E-state index in [1.165, 1.54) is 0 Å². The summed E-state index contributed by atoms with van der Waals surface area (Å²) in [5.41, 5.74) is 6.52. The van der Waals surface area contributed by atoms with E-state index in [4.69, 9.17) is 174 Å². The molecule has 0 aliphatic carbocycles. The first-order chi connectivity index (χ1) is 40.2. The summed E-state index contributed by atoms with van der Waals surface area (Å²) in [4.78, 5) is 70.0. The number of nitrogens with one attached hydrogen (secondary N) is 3. The van der Waals surface area contributed by atoms with Gasteiger partial charge in [-0.1, -0.05) is 39.5 Å². The van der Waals surface area contributed by atoms with Gasteiger partial charge in [-0.25, -0.2) is 0 Å². The molecule has 0 saturated carbocycles. The molecule has 1 amide bonds. The van der Waals surface area contributed by atoms with Crippen LogP contribution < -0.4 is 252 Å². The van der Waals surface area contributed by atoms with Gasteiger partial charge in [0, 0.05) is 51.6 Å². The number of unbranched alkanes of at least 4 members (excludes halogenated alkanes) is 1. The predicted molar refractivity (Wildman–Crippen MR) is 409 cm³/mol. The molecular weight excluding hydrogens is 1670 g/mol. The standard InChI is InChI=1S/C44H69N6O13S12.C6H10NS2.8Na.4H2S/c51-36(5-13-47(33-66)11-1-2-27-64)60-23-19-56-29-44(30-57-20-24-61-37(52)6-14-48(34-67)17-9-45-41(55)71,32-59-22-26-63-39(54)8-16-50(43(74)75)12-3-4-40(69)70)31-58-21-25-62-38(53)7-15-49(35(68)28-65)18-10-46-42(72)73;1-6(9)3-2-4-7-5-8;;;;;;;;;;;;/h65H,1-26,28-32H2,(H,69,70)(H,74,75)(H2,45,55,71)(H2,46,72,73);2-4H2,1H3,(H,7,8);;;;;;;;;4*1H2/q-3;-1;8*+1;;;;/p-8. The van der Waals surface area contributed by atoms with Crippen LogP contribution in [0.3, 0.4) is 0 Å². The molecule has 0 aromatic rings. The van der Waals surface area contributed by atoms with Gasteiger partial charge in [0.05, 0.1) is 94.2 Å². The molecule has 0 radical (unpaired) electrons. The summed E-state index contributed by atoms with van der Waals surface area (Å²) in [5, 5.41) is 10.2. The fourth-order valence-electron chi connectivity index (χ4n) is 6.44. The number of thiocarbonyl (C=S) groups is 9. The van der Waals surface area contributed by atoms with Crippen LogP contribution in [0.5, 0.6) is 0 Å². The molecule has 0 aromatic heterocycles. The Kier molecular flexibility index (Phi) is 137. The van der Waals surface area contributed by atoms with Gasteiger partial charge in [-0.05, 0) is 63.7 Å².